The Labute approximate surface area is 195 Å². The van der Waals surface area contributed by atoms with Crippen molar-refractivity contribution in [1.82, 2.24) is 0 Å². The molecule has 0 radical (unpaired) electrons. The molecule has 1 N–H and O–H groups in total. The zero-order valence-corrected chi connectivity index (χ0v) is 20.4. The summed E-state index contributed by atoms with van der Waals surface area (Å²) < 4.78 is 11.7. The van der Waals surface area contributed by atoms with Crippen molar-refractivity contribution in [1.29, 1.82) is 0 Å². The van der Waals surface area contributed by atoms with Crippen LogP contribution in [0, 0.1) is 5.92 Å². The maximum absolute atomic E-state index is 13.0. The Bertz CT molecular complexity index is 835. The highest BCUT2D eigenvalue weighted by Crippen LogP contribution is 2.33. The van der Waals surface area contributed by atoms with Crippen LogP contribution in [0.4, 0.5) is 5.69 Å². The van der Waals surface area contributed by atoms with Gasteiger partial charge in [-0.1, -0.05) is 67.2 Å². The van der Waals surface area contributed by atoms with Crippen LogP contribution < -0.4 is 10.1 Å². The molecule has 4 nitrogen and oxygen atoms in total. The minimum Gasteiger partial charge on any atom is -0.497 e. The lowest BCUT2D eigenvalue weighted by atomic mass is 9.83. The number of ether oxygens (including phenoxy) is 2. The van der Waals surface area contributed by atoms with Crippen molar-refractivity contribution in [2.45, 2.75) is 52.0 Å². The lowest BCUT2D eigenvalue weighted by Gasteiger charge is -2.29. The summed E-state index contributed by atoms with van der Waals surface area (Å²) in [4.78, 5) is 13.0. The number of anilines is 1. The van der Waals surface area contributed by atoms with Crippen molar-refractivity contribution < 1.29 is 14.3 Å². The molecule has 0 amide bonds. The molecule has 168 valence electrons. The van der Waals surface area contributed by atoms with Crippen molar-refractivity contribution in [3.63, 3.8) is 0 Å². The molecule has 31 heavy (non-hydrogen) atoms. The summed E-state index contributed by atoms with van der Waals surface area (Å²) in [6, 6.07) is 15.1. The Morgan fingerprint density at radius 2 is 1.84 bits per heavy atom. The molecule has 0 saturated carbocycles. The van der Waals surface area contributed by atoms with Crippen molar-refractivity contribution in [2.24, 2.45) is 5.92 Å². The molecular weight excluding hydrogens is 454 g/mol. The number of methoxy groups -OCH3 is 1. The fourth-order valence-corrected chi connectivity index (χ4v) is 4.06. The van der Waals surface area contributed by atoms with E-state index in [9.17, 15) is 4.79 Å². The zero-order chi connectivity index (χ0) is 22.6. The third-order valence-electron chi connectivity index (χ3n) is 5.37. The molecule has 5 heteroatoms. The van der Waals surface area contributed by atoms with Crippen LogP contribution in [0.5, 0.6) is 5.75 Å². The fraction of sp³-hybridized carbons (Fsp3) is 0.423. The van der Waals surface area contributed by atoms with Crippen molar-refractivity contribution in [3.8, 4) is 5.75 Å². The Morgan fingerprint density at radius 3 is 2.45 bits per heavy atom. The van der Waals surface area contributed by atoms with Gasteiger partial charge < -0.3 is 14.8 Å². The van der Waals surface area contributed by atoms with Gasteiger partial charge in [-0.3, -0.25) is 0 Å². The second-order valence-electron chi connectivity index (χ2n) is 7.59. The number of hydrogen-bond donors (Lipinski definition) is 1. The Hall–Kier alpha value is -2.27. The molecule has 0 aliphatic carbocycles. The summed E-state index contributed by atoms with van der Waals surface area (Å²) in [6.07, 6.45) is 5.38. The van der Waals surface area contributed by atoms with Crippen LogP contribution in [0.3, 0.4) is 0 Å². The maximum Gasteiger partial charge on any atom is 0.329 e. The van der Waals surface area contributed by atoms with Crippen LogP contribution in [0.15, 0.2) is 59.6 Å². The second-order valence-corrected chi connectivity index (χ2v) is 8.51. The van der Waals surface area contributed by atoms with Crippen LogP contribution in [0.1, 0.15) is 51.5 Å². The van der Waals surface area contributed by atoms with Gasteiger partial charge in [0.15, 0.2) is 0 Å². The van der Waals surface area contributed by atoms with Gasteiger partial charge in [0.2, 0.25) is 0 Å². The minimum absolute atomic E-state index is 0.0905. The molecule has 0 aliphatic heterocycles. The van der Waals surface area contributed by atoms with Crippen LogP contribution in [0.2, 0.25) is 0 Å². The van der Waals surface area contributed by atoms with Gasteiger partial charge in [0, 0.05) is 16.1 Å². The molecule has 0 fully saturated rings. The average Bonchev–Trinajstić information content (AvgIpc) is 2.78. The molecule has 0 heterocycles. The number of benzene rings is 2. The Morgan fingerprint density at radius 1 is 1.10 bits per heavy atom. The highest BCUT2D eigenvalue weighted by molar-refractivity contribution is 9.10. The van der Waals surface area contributed by atoms with E-state index in [4.69, 9.17) is 9.47 Å². The van der Waals surface area contributed by atoms with E-state index in [1.165, 1.54) is 12.8 Å². The van der Waals surface area contributed by atoms with Crippen LogP contribution in [-0.4, -0.2) is 25.7 Å². The van der Waals surface area contributed by atoms with E-state index in [0.29, 0.717) is 6.61 Å². The Kier molecular flexibility index (Phi) is 10.6. The fourth-order valence-electron chi connectivity index (χ4n) is 3.66. The third-order valence-corrected chi connectivity index (χ3v) is 5.86. The van der Waals surface area contributed by atoms with Gasteiger partial charge in [0.25, 0.3) is 0 Å². The van der Waals surface area contributed by atoms with E-state index in [0.717, 1.165) is 46.3 Å². The molecule has 2 aromatic rings. The Balaban J connectivity index is 2.34. The molecule has 2 atom stereocenters. The highest BCUT2D eigenvalue weighted by Gasteiger charge is 2.32. The van der Waals surface area contributed by atoms with E-state index >= 15 is 0 Å². The van der Waals surface area contributed by atoms with E-state index in [-0.39, 0.29) is 11.9 Å². The standard InChI is InChI=1S/C26H34BrNO3/c1-5-7-8-9-13-24(19(3)20-11-10-12-21(27)18-20)25(26(29)31-6-2)28-22-14-16-23(30-4)17-15-22/h10-12,14-18,24-25,28H,3,5-9,13H2,1-2,4H3. The zero-order valence-electron chi connectivity index (χ0n) is 18.8. The number of carbonyl (C=O) groups excluding carboxylic acids is 1. The van der Waals surface area contributed by atoms with Gasteiger partial charge in [0.1, 0.15) is 11.8 Å². The quantitative estimate of drug-likeness (QED) is 0.241. The number of unbranched alkanes of at least 4 members (excludes halogenated alkanes) is 3. The van der Waals surface area contributed by atoms with E-state index < -0.39 is 6.04 Å². The highest BCUT2D eigenvalue weighted by atomic mass is 79.9. The number of carbonyl (C=O) groups is 1. The lowest BCUT2D eigenvalue weighted by Crippen LogP contribution is -2.39. The van der Waals surface area contributed by atoms with Crippen LogP contribution in [-0.2, 0) is 9.53 Å². The van der Waals surface area contributed by atoms with E-state index in [1.54, 1.807) is 7.11 Å². The number of rotatable bonds is 13. The molecule has 2 rings (SSSR count). The predicted molar refractivity (Wildman–Crippen MR) is 132 cm³/mol. The molecule has 0 bridgehead atoms. The molecule has 0 aromatic heterocycles. The average molecular weight is 488 g/mol. The number of esters is 1. The summed E-state index contributed by atoms with van der Waals surface area (Å²) >= 11 is 3.55. The summed E-state index contributed by atoms with van der Waals surface area (Å²) in [5.74, 6) is 0.426. The maximum atomic E-state index is 13.0. The largest absolute Gasteiger partial charge is 0.497 e. The first-order chi connectivity index (χ1) is 15.0. The molecule has 2 unspecified atom stereocenters. The summed E-state index contributed by atoms with van der Waals surface area (Å²) in [7, 11) is 1.64. The molecular formula is C26H34BrNO3. The van der Waals surface area contributed by atoms with Gasteiger partial charge in [0.05, 0.1) is 13.7 Å². The third kappa shape index (κ3) is 7.73. The second kappa shape index (κ2) is 13.2. The molecule has 0 saturated heterocycles. The van der Waals surface area contributed by atoms with Crippen molar-refractivity contribution in [2.75, 3.05) is 19.0 Å². The molecule has 0 spiro atoms. The summed E-state index contributed by atoms with van der Waals surface area (Å²) in [5, 5.41) is 3.42. The first-order valence-corrected chi connectivity index (χ1v) is 11.8. The van der Waals surface area contributed by atoms with Crippen LogP contribution >= 0.6 is 15.9 Å². The number of nitrogens with one attached hydrogen (secondary N) is 1. The van der Waals surface area contributed by atoms with Gasteiger partial charge in [-0.15, -0.1) is 0 Å². The summed E-state index contributed by atoms with van der Waals surface area (Å²) in [5.41, 5.74) is 2.82. The van der Waals surface area contributed by atoms with Gasteiger partial charge in [-0.05, 0) is 60.9 Å². The lowest BCUT2D eigenvalue weighted by molar-refractivity contribution is -0.144. The predicted octanol–water partition coefficient (Wildman–Crippen LogP) is 7.10. The van der Waals surface area contributed by atoms with Gasteiger partial charge in [-0.2, -0.15) is 0 Å². The van der Waals surface area contributed by atoms with E-state index in [2.05, 4.69) is 40.8 Å². The van der Waals surface area contributed by atoms with E-state index in [1.807, 2.05) is 49.4 Å². The number of hydrogen-bond acceptors (Lipinski definition) is 4. The van der Waals surface area contributed by atoms with Crippen LogP contribution in [0.25, 0.3) is 5.57 Å². The molecule has 0 aliphatic rings. The smallest absolute Gasteiger partial charge is 0.329 e. The first-order valence-electron chi connectivity index (χ1n) is 11.0. The topological polar surface area (TPSA) is 47.6 Å². The number of halogens is 1. The normalized spacial score (nSPS) is 12.6. The first kappa shape index (κ1) is 25.0. The monoisotopic (exact) mass is 487 g/mol. The summed E-state index contributed by atoms with van der Waals surface area (Å²) in [6.45, 7) is 8.78. The van der Waals surface area contributed by atoms with Crippen molar-refractivity contribution >= 4 is 33.2 Å². The van der Waals surface area contributed by atoms with Crippen molar-refractivity contribution in [3.05, 3.63) is 65.1 Å². The minimum atomic E-state index is -0.526. The van der Waals surface area contributed by atoms with Gasteiger partial charge >= 0.3 is 5.97 Å². The molecule has 2 aromatic carbocycles. The SMILES string of the molecule is C=C(c1cccc(Br)c1)C(CCCCCC)C(Nc1ccc(OC)cc1)C(=O)OCC. The van der Waals surface area contributed by atoms with Gasteiger partial charge in [-0.25, -0.2) is 4.79 Å².